The van der Waals surface area contributed by atoms with E-state index in [0.29, 0.717) is 11.4 Å². The number of hydrogen-bond acceptors (Lipinski definition) is 3. The van der Waals surface area contributed by atoms with E-state index in [4.69, 9.17) is 0 Å². The summed E-state index contributed by atoms with van der Waals surface area (Å²) in [5.74, 6) is -0.871. The third kappa shape index (κ3) is 3.39. The number of amides is 1. The SMILES string of the molecule is CSCC(=O)N[C@@H]1CCCc2c1cnn2-c1cc(F)cc(F)c1. The van der Waals surface area contributed by atoms with Crippen molar-refractivity contribution in [3.63, 3.8) is 0 Å². The van der Waals surface area contributed by atoms with Gasteiger partial charge in [0.05, 0.1) is 23.7 Å². The first-order valence-electron chi connectivity index (χ1n) is 7.40. The molecule has 1 N–H and O–H groups in total. The van der Waals surface area contributed by atoms with Crippen molar-refractivity contribution in [3.05, 3.63) is 47.3 Å². The van der Waals surface area contributed by atoms with E-state index in [2.05, 4.69) is 10.4 Å². The predicted molar refractivity (Wildman–Crippen MR) is 85.7 cm³/mol. The lowest BCUT2D eigenvalue weighted by Crippen LogP contribution is -2.32. The Labute approximate surface area is 137 Å². The summed E-state index contributed by atoms with van der Waals surface area (Å²) in [4.78, 5) is 11.8. The summed E-state index contributed by atoms with van der Waals surface area (Å²) in [7, 11) is 0. The first-order valence-corrected chi connectivity index (χ1v) is 8.79. The lowest BCUT2D eigenvalue weighted by molar-refractivity contribution is -0.119. The molecule has 7 heteroatoms. The molecule has 0 radical (unpaired) electrons. The van der Waals surface area contributed by atoms with Crippen LogP contribution in [0.2, 0.25) is 0 Å². The molecule has 0 fully saturated rings. The molecule has 2 aromatic rings. The number of nitrogens with zero attached hydrogens (tertiary/aromatic N) is 2. The molecule has 0 spiro atoms. The van der Waals surface area contributed by atoms with Gasteiger partial charge >= 0.3 is 0 Å². The zero-order valence-corrected chi connectivity index (χ0v) is 13.5. The van der Waals surface area contributed by atoms with Crippen LogP contribution in [-0.2, 0) is 11.2 Å². The molecule has 0 aliphatic heterocycles. The lowest BCUT2D eigenvalue weighted by atomic mass is 9.93. The Kier molecular flexibility index (Phi) is 4.66. The van der Waals surface area contributed by atoms with Gasteiger partial charge in [-0.25, -0.2) is 13.5 Å². The van der Waals surface area contributed by atoms with E-state index in [1.54, 1.807) is 10.9 Å². The van der Waals surface area contributed by atoms with Gasteiger partial charge in [0.15, 0.2) is 0 Å². The number of aromatic nitrogens is 2. The Bertz CT molecular complexity index is 712. The molecule has 0 bridgehead atoms. The minimum atomic E-state index is -0.634. The topological polar surface area (TPSA) is 46.9 Å². The number of thioether (sulfide) groups is 1. The van der Waals surface area contributed by atoms with Gasteiger partial charge < -0.3 is 5.32 Å². The van der Waals surface area contributed by atoms with Crippen molar-refractivity contribution in [1.29, 1.82) is 0 Å². The second kappa shape index (κ2) is 6.70. The standard InChI is InChI=1S/C16H17F2N3OS/c1-23-9-16(22)20-14-3-2-4-15-13(14)8-19-21(15)12-6-10(17)5-11(18)7-12/h5-8,14H,2-4,9H2,1H3,(H,20,22)/t14-/m1/s1. The van der Waals surface area contributed by atoms with Gasteiger partial charge in [0, 0.05) is 17.3 Å². The zero-order chi connectivity index (χ0) is 16.4. The smallest absolute Gasteiger partial charge is 0.230 e. The summed E-state index contributed by atoms with van der Waals surface area (Å²) in [6, 6.07) is 3.26. The molecular weight excluding hydrogens is 320 g/mol. The van der Waals surface area contributed by atoms with Crippen molar-refractivity contribution >= 4 is 17.7 Å². The van der Waals surface area contributed by atoms with Crippen LogP contribution in [0.3, 0.4) is 0 Å². The molecule has 1 aliphatic carbocycles. The number of carbonyl (C=O) groups is 1. The Morgan fingerprint density at radius 1 is 1.39 bits per heavy atom. The van der Waals surface area contributed by atoms with Crippen molar-refractivity contribution in [3.8, 4) is 5.69 Å². The summed E-state index contributed by atoms with van der Waals surface area (Å²) in [5.41, 5.74) is 2.19. The second-order valence-corrected chi connectivity index (χ2v) is 6.40. The normalized spacial score (nSPS) is 16.9. The van der Waals surface area contributed by atoms with Gasteiger partial charge in [0.25, 0.3) is 0 Å². The number of nitrogens with one attached hydrogen (secondary N) is 1. The van der Waals surface area contributed by atoms with Crippen molar-refractivity contribution in [2.75, 3.05) is 12.0 Å². The molecule has 122 valence electrons. The first kappa shape index (κ1) is 16.0. The van der Waals surface area contributed by atoms with Crippen molar-refractivity contribution in [2.24, 2.45) is 0 Å². The molecule has 0 saturated heterocycles. The molecule has 1 heterocycles. The molecule has 4 nitrogen and oxygen atoms in total. The van der Waals surface area contributed by atoms with E-state index in [0.717, 1.165) is 36.6 Å². The van der Waals surface area contributed by atoms with Crippen molar-refractivity contribution in [2.45, 2.75) is 25.3 Å². The number of carbonyl (C=O) groups excluding carboxylic acids is 1. The fraction of sp³-hybridized carbons (Fsp3) is 0.375. The Morgan fingerprint density at radius 3 is 2.83 bits per heavy atom. The van der Waals surface area contributed by atoms with Crippen LogP contribution in [0.5, 0.6) is 0 Å². The van der Waals surface area contributed by atoms with Crippen LogP contribution in [0.25, 0.3) is 5.69 Å². The van der Waals surface area contributed by atoms with Crippen LogP contribution < -0.4 is 5.32 Å². The van der Waals surface area contributed by atoms with Crippen LogP contribution in [0.1, 0.15) is 30.1 Å². The quantitative estimate of drug-likeness (QED) is 0.933. The molecular formula is C16H17F2N3OS. The number of halogens is 2. The molecule has 3 rings (SSSR count). The van der Waals surface area contributed by atoms with Crippen LogP contribution >= 0.6 is 11.8 Å². The van der Waals surface area contributed by atoms with E-state index in [-0.39, 0.29) is 11.9 Å². The summed E-state index contributed by atoms with van der Waals surface area (Å²) < 4.78 is 28.5. The van der Waals surface area contributed by atoms with Gasteiger partial charge in [-0.3, -0.25) is 4.79 Å². The molecule has 0 unspecified atom stereocenters. The Hall–Kier alpha value is -1.89. The molecule has 1 atom stereocenters. The fourth-order valence-corrected chi connectivity index (χ4v) is 3.30. The maximum atomic E-state index is 13.4. The summed E-state index contributed by atoms with van der Waals surface area (Å²) in [6.07, 6.45) is 6.06. The van der Waals surface area contributed by atoms with Gasteiger partial charge in [-0.15, -0.1) is 0 Å². The van der Waals surface area contributed by atoms with E-state index >= 15 is 0 Å². The van der Waals surface area contributed by atoms with Gasteiger partial charge in [-0.1, -0.05) is 0 Å². The van der Waals surface area contributed by atoms with E-state index in [1.807, 2.05) is 6.26 Å². The van der Waals surface area contributed by atoms with Gasteiger partial charge in [0.1, 0.15) is 11.6 Å². The molecule has 23 heavy (non-hydrogen) atoms. The molecule has 1 amide bonds. The summed E-state index contributed by atoms with van der Waals surface area (Å²) >= 11 is 1.47. The number of benzene rings is 1. The van der Waals surface area contributed by atoms with E-state index < -0.39 is 11.6 Å². The van der Waals surface area contributed by atoms with Gasteiger partial charge in [-0.2, -0.15) is 16.9 Å². The average Bonchev–Trinajstić information content (AvgIpc) is 2.91. The monoisotopic (exact) mass is 337 g/mol. The molecule has 0 saturated carbocycles. The van der Waals surface area contributed by atoms with Gasteiger partial charge in [0.2, 0.25) is 5.91 Å². The molecule has 1 aromatic heterocycles. The van der Waals surface area contributed by atoms with E-state index in [9.17, 15) is 13.6 Å². The Morgan fingerprint density at radius 2 is 2.13 bits per heavy atom. The highest BCUT2D eigenvalue weighted by Crippen LogP contribution is 2.31. The Balaban J connectivity index is 1.92. The highest BCUT2D eigenvalue weighted by atomic mass is 32.2. The maximum Gasteiger partial charge on any atom is 0.230 e. The predicted octanol–water partition coefficient (Wildman–Crippen LogP) is 3.01. The number of hydrogen-bond donors (Lipinski definition) is 1. The van der Waals surface area contributed by atoms with Crippen molar-refractivity contribution < 1.29 is 13.6 Å². The average molecular weight is 337 g/mol. The maximum absolute atomic E-state index is 13.4. The highest BCUT2D eigenvalue weighted by molar-refractivity contribution is 7.99. The van der Waals surface area contributed by atoms with Crippen LogP contribution in [0.15, 0.2) is 24.4 Å². The molecule has 1 aromatic carbocycles. The third-order valence-electron chi connectivity index (χ3n) is 3.89. The van der Waals surface area contributed by atoms with Crippen LogP contribution in [-0.4, -0.2) is 27.7 Å². The van der Waals surface area contributed by atoms with Crippen molar-refractivity contribution in [1.82, 2.24) is 15.1 Å². The highest BCUT2D eigenvalue weighted by Gasteiger charge is 2.26. The second-order valence-electron chi connectivity index (χ2n) is 5.53. The lowest BCUT2D eigenvalue weighted by Gasteiger charge is -2.24. The minimum absolute atomic E-state index is 0.0140. The number of rotatable bonds is 4. The fourth-order valence-electron chi connectivity index (χ4n) is 2.96. The summed E-state index contributed by atoms with van der Waals surface area (Å²) in [6.45, 7) is 0. The zero-order valence-electron chi connectivity index (χ0n) is 12.7. The van der Waals surface area contributed by atoms with E-state index in [1.165, 1.54) is 23.9 Å². The third-order valence-corrected chi connectivity index (χ3v) is 4.44. The van der Waals surface area contributed by atoms with Crippen LogP contribution in [0.4, 0.5) is 8.78 Å². The summed E-state index contributed by atoms with van der Waals surface area (Å²) in [5, 5.41) is 7.28. The minimum Gasteiger partial charge on any atom is -0.348 e. The number of fused-ring (bicyclic) bond motifs is 1. The first-order chi connectivity index (χ1) is 11.1. The van der Waals surface area contributed by atoms with Crippen LogP contribution in [0, 0.1) is 11.6 Å². The van der Waals surface area contributed by atoms with Gasteiger partial charge in [-0.05, 0) is 37.7 Å². The molecule has 1 aliphatic rings. The largest absolute Gasteiger partial charge is 0.348 e.